The number of pyridine rings is 2. The second-order valence-electron chi connectivity index (χ2n) is 3.56. The van der Waals surface area contributed by atoms with Crippen molar-refractivity contribution in [1.82, 2.24) is 9.97 Å². The molecule has 0 aliphatic carbocycles. The minimum absolute atomic E-state index is 0.500. The number of nitrogens with zero attached hydrogens (tertiary/aromatic N) is 2. The van der Waals surface area contributed by atoms with Gasteiger partial charge in [0.15, 0.2) is 5.15 Å². The molecule has 0 spiro atoms. The second kappa shape index (κ2) is 4.94. The zero-order chi connectivity index (χ0) is 11.4. The number of hydrogen-bond donors (Lipinski definition) is 1. The molecule has 2 heterocycles. The Labute approximate surface area is 99.5 Å². The van der Waals surface area contributed by atoms with Crippen molar-refractivity contribution in [2.45, 2.75) is 13.5 Å². The Morgan fingerprint density at radius 2 is 2.06 bits per heavy atom. The summed E-state index contributed by atoms with van der Waals surface area (Å²) in [7, 11) is 0. The Kier molecular flexibility index (Phi) is 3.37. The highest BCUT2D eigenvalue weighted by molar-refractivity contribution is 6.31. The molecule has 3 nitrogen and oxygen atoms in total. The number of nitrogens with one attached hydrogen (secondary N) is 1. The zero-order valence-electron chi connectivity index (χ0n) is 8.94. The van der Waals surface area contributed by atoms with E-state index in [0.717, 1.165) is 16.8 Å². The van der Waals surface area contributed by atoms with Crippen LogP contribution in [0.2, 0.25) is 5.15 Å². The molecule has 1 N–H and O–H groups in total. The van der Waals surface area contributed by atoms with Crippen LogP contribution in [0.25, 0.3) is 0 Å². The van der Waals surface area contributed by atoms with Crippen molar-refractivity contribution in [1.29, 1.82) is 0 Å². The first-order valence-corrected chi connectivity index (χ1v) is 5.38. The van der Waals surface area contributed by atoms with Crippen molar-refractivity contribution in [3.8, 4) is 0 Å². The molecule has 2 aromatic heterocycles. The van der Waals surface area contributed by atoms with Crippen molar-refractivity contribution in [2.24, 2.45) is 0 Å². The van der Waals surface area contributed by atoms with E-state index in [9.17, 15) is 0 Å². The second-order valence-corrected chi connectivity index (χ2v) is 3.92. The first-order chi connectivity index (χ1) is 7.75. The van der Waals surface area contributed by atoms with Crippen LogP contribution in [0.15, 0.2) is 36.8 Å². The standard InChI is InChI=1S/C12H12ClN3/c1-9-6-11(12(13)16-7-9)15-8-10-2-4-14-5-3-10/h2-7,15H,8H2,1H3. The molecule has 0 aliphatic heterocycles. The lowest BCUT2D eigenvalue weighted by molar-refractivity contribution is 1.11. The van der Waals surface area contributed by atoms with Gasteiger partial charge in [0, 0.05) is 25.1 Å². The first kappa shape index (κ1) is 10.9. The van der Waals surface area contributed by atoms with Crippen molar-refractivity contribution < 1.29 is 0 Å². The summed E-state index contributed by atoms with van der Waals surface area (Å²) >= 11 is 5.98. The van der Waals surface area contributed by atoms with Gasteiger partial charge in [-0.1, -0.05) is 11.6 Å². The molecule has 0 aromatic carbocycles. The Morgan fingerprint density at radius 1 is 1.31 bits per heavy atom. The fraction of sp³-hybridized carbons (Fsp3) is 0.167. The van der Waals surface area contributed by atoms with Gasteiger partial charge in [-0.3, -0.25) is 4.98 Å². The molecule has 0 radical (unpaired) electrons. The third-order valence-corrected chi connectivity index (χ3v) is 2.51. The molecule has 0 aliphatic rings. The van der Waals surface area contributed by atoms with Crippen LogP contribution in [0.3, 0.4) is 0 Å². The molecule has 16 heavy (non-hydrogen) atoms. The summed E-state index contributed by atoms with van der Waals surface area (Å²) in [4.78, 5) is 8.05. The van der Waals surface area contributed by atoms with E-state index in [-0.39, 0.29) is 0 Å². The van der Waals surface area contributed by atoms with Crippen LogP contribution in [0.4, 0.5) is 5.69 Å². The monoisotopic (exact) mass is 233 g/mol. The van der Waals surface area contributed by atoms with Gasteiger partial charge < -0.3 is 5.32 Å². The van der Waals surface area contributed by atoms with E-state index in [2.05, 4.69) is 15.3 Å². The summed E-state index contributed by atoms with van der Waals surface area (Å²) in [5, 5.41) is 3.75. The largest absolute Gasteiger partial charge is 0.378 e. The molecule has 0 unspecified atom stereocenters. The maximum absolute atomic E-state index is 5.98. The van der Waals surface area contributed by atoms with Gasteiger partial charge in [0.2, 0.25) is 0 Å². The van der Waals surface area contributed by atoms with Crippen molar-refractivity contribution >= 4 is 17.3 Å². The average Bonchev–Trinajstić information content (AvgIpc) is 2.32. The van der Waals surface area contributed by atoms with Crippen LogP contribution in [-0.2, 0) is 6.54 Å². The quantitative estimate of drug-likeness (QED) is 0.828. The van der Waals surface area contributed by atoms with Crippen molar-refractivity contribution in [3.63, 3.8) is 0 Å². The van der Waals surface area contributed by atoms with Gasteiger partial charge in [-0.25, -0.2) is 4.98 Å². The molecular weight excluding hydrogens is 222 g/mol. The van der Waals surface area contributed by atoms with E-state index in [1.54, 1.807) is 18.6 Å². The predicted molar refractivity (Wildman–Crippen MR) is 65.5 cm³/mol. The summed E-state index contributed by atoms with van der Waals surface area (Å²) in [6.45, 7) is 2.70. The summed E-state index contributed by atoms with van der Waals surface area (Å²) in [5.74, 6) is 0. The van der Waals surface area contributed by atoms with E-state index >= 15 is 0 Å². The molecule has 82 valence electrons. The van der Waals surface area contributed by atoms with E-state index in [4.69, 9.17) is 11.6 Å². The molecule has 0 amide bonds. The number of rotatable bonds is 3. The molecule has 2 aromatic rings. The van der Waals surface area contributed by atoms with Gasteiger partial charge in [0.05, 0.1) is 5.69 Å². The number of aromatic nitrogens is 2. The van der Waals surface area contributed by atoms with Gasteiger partial charge in [0.1, 0.15) is 0 Å². The average molecular weight is 234 g/mol. The fourth-order valence-electron chi connectivity index (χ4n) is 1.37. The third-order valence-electron chi connectivity index (χ3n) is 2.21. The van der Waals surface area contributed by atoms with Crippen LogP contribution in [0.5, 0.6) is 0 Å². The van der Waals surface area contributed by atoms with Crippen LogP contribution in [0.1, 0.15) is 11.1 Å². The predicted octanol–water partition coefficient (Wildman–Crippen LogP) is 3.05. The highest BCUT2D eigenvalue weighted by Crippen LogP contribution is 2.20. The number of aryl methyl sites for hydroxylation is 1. The minimum atomic E-state index is 0.500. The third kappa shape index (κ3) is 2.70. The summed E-state index contributed by atoms with van der Waals surface area (Å²) in [5.41, 5.74) is 3.10. The summed E-state index contributed by atoms with van der Waals surface area (Å²) in [6.07, 6.45) is 5.29. The van der Waals surface area contributed by atoms with Crippen LogP contribution in [-0.4, -0.2) is 9.97 Å². The Hall–Kier alpha value is -1.61. The minimum Gasteiger partial charge on any atom is -0.378 e. The number of hydrogen-bond acceptors (Lipinski definition) is 3. The molecular formula is C12H12ClN3. The van der Waals surface area contributed by atoms with Gasteiger partial charge in [-0.2, -0.15) is 0 Å². The van der Waals surface area contributed by atoms with Crippen LogP contribution in [0, 0.1) is 6.92 Å². The van der Waals surface area contributed by atoms with Crippen molar-refractivity contribution in [2.75, 3.05) is 5.32 Å². The fourth-order valence-corrected chi connectivity index (χ4v) is 1.54. The SMILES string of the molecule is Cc1cnc(Cl)c(NCc2ccncc2)c1. The summed E-state index contributed by atoms with van der Waals surface area (Å²) < 4.78 is 0. The molecule has 2 rings (SSSR count). The Morgan fingerprint density at radius 3 is 2.81 bits per heavy atom. The van der Waals surface area contributed by atoms with E-state index < -0.39 is 0 Å². The van der Waals surface area contributed by atoms with E-state index in [1.165, 1.54) is 0 Å². The van der Waals surface area contributed by atoms with Gasteiger partial charge >= 0.3 is 0 Å². The number of anilines is 1. The number of halogens is 1. The topological polar surface area (TPSA) is 37.8 Å². The highest BCUT2D eigenvalue weighted by atomic mass is 35.5. The molecule has 0 saturated carbocycles. The molecule has 0 bridgehead atoms. The Bertz CT molecular complexity index is 471. The Balaban J connectivity index is 2.08. The molecule has 4 heteroatoms. The highest BCUT2D eigenvalue weighted by Gasteiger charge is 2.01. The maximum Gasteiger partial charge on any atom is 0.152 e. The van der Waals surface area contributed by atoms with Crippen LogP contribution < -0.4 is 5.32 Å². The first-order valence-electron chi connectivity index (χ1n) is 5.00. The smallest absolute Gasteiger partial charge is 0.152 e. The lowest BCUT2D eigenvalue weighted by atomic mass is 10.2. The van der Waals surface area contributed by atoms with Gasteiger partial charge in [-0.15, -0.1) is 0 Å². The lowest BCUT2D eigenvalue weighted by Gasteiger charge is -2.08. The zero-order valence-corrected chi connectivity index (χ0v) is 9.70. The van der Waals surface area contributed by atoms with Gasteiger partial charge in [0.25, 0.3) is 0 Å². The molecule has 0 saturated heterocycles. The molecule has 0 fully saturated rings. The normalized spacial score (nSPS) is 10.1. The van der Waals surface area contributed by atoms with Gasteiger partial charge in [-0.05, 0) is 36.2 Å². The van der Waals surface area contributed by atoms with Crippen molar-refractivity contribution in [3.05, 3.63) is 53.1 Å². The van der Waals surface area contributed by atoms with Crippen LogP contribution >= 0.6 is 11.6 Å². The lowest BCUT2D eigenvalue weighted by Crippen LogP contribution is -2.01. The van der Waals surface area contributed by atoms with E-state index in [1.807, 2.05) is 25.1 Å². The molecule has 0 atom stereocenters. The summed E-state index contributed by atoms with van der Waals surface area (Å²) in [6, 6.07) is 5.91. The maximum atomic E-state index is 5.98. The van der Waals surface area contributed by atoms with E-state index in [0.29, 0.717) is 11.7 Å².